The Morgan fingerprint density at radius 1 is 0.950 bits per heavy atom. The van der Waals surface area contributed by atoms with Crippen molar-refractivity contribution in [2.75, 3.05) is 17.2 Å². The third-order valence-corrected chi connectivity index (χ3v) is 8.49. The lowest BCUT2D eigenvalue weighted by Crippen LogP contribution is -2.19. The van der Waals surface area contributed by atoms with Crippen molar-refractivity contribution in [2.45, 2.75) is 17.1 Å². The summed E-state index contributed by atoms with van der Waals surface area (Å²) in [5.74, 6) is 0.201. The number of anilines is 2. The van der Waals surface area contributed by atoms with E-state index >= 15 is 0 Å². The van der Waals surface area contributed by atoms with Gasteiger partial charge in [0.05, 0.1) is 27.4 Å². The number of hydrogen-bond donors (Lipinski definition) is 2. The summed E-state index contributed by atoms with van der Waals surface area (Å²) < 4.78 is 6.51. The number of nitrogens with zero attached hydrogens (tertiary/aromatic N) is 1. The highest BCUT2D eigenvalue weighted by molar-refractivity contribution is 8.00. The van der Waals surface area contributed by atoms with Crippen LogP contribution in [0.1, 0.15) is 28.1 Å². The first-order valence-electron chi connectivity index (χ1n) is 12.3. The maximum Gasteiger partial charge on any atom is 0.257 e. The average molecular weight is 609 g/mol. The molecule has 5 rings (SSSR count). The van der Waals surface area contributed by atoms with E-state index in [9.17, 15) is 9.59 Å². The minimum absolute atomic E-state index is 0.206. The van der Waals surface area contributed by atoms with Crippen molar-refractivity contribution >= 4 is 79.2 Å². The first-order valence-corrected chi connectivity index (χ1v) is 14.8. The molecule has 1 aromatic heterocycles. The second kappa shape index (κ2) is 12.7. The van der Waals surface area contributed by atoms with Gasteiger partial charge >= 0.3 is 0 Å². The molecule has 40 heavy (non-hydrogen) atoms. The number of thioether (sulfide) groups is 1. The molecule has 0 fully saturated rings. The van der Waals surface area contributed by atoms with Gasteiger partial charge in [-0.25, -0.2) is 4.98 Å². The van der Waals surface area contributed by atoms with Crippen molar-refractivity contribution in [1.82, 2.24) is 4.98 Å². The van der Waals surface area contributed by atoms with Crippen LogP contribution >= 0.6 is 46.3 Å². The Morgan fingerprint density at radius 2 is 1.77 bits per heavy atom. The zero-order valence-corrected chi connectivity index (χ0v) is 24.3. The van der Waals surface area contributed by atoms with Crippen LogP contribution in [0.2, 0.25) is 10.0 Å². The predicted molar refractivity (Wildman–Crippen MR) is 165 cm³/mol. The van der Waals surface area contributed by atoms with E-state index in [1.165, 1.54) is 29.2 Å². The summed E-state index contributed by atoms with van der Waals surface area (Å²) in [5, 5.41) is 6.52. The van der Waals surface area contributed by atoms with E-state index in [2.05, 4.69) is 15.6 Å². The van der Waals surface area contributed by atoms with Crippen LogP contribution in [0.25, 0.3) is 10.2 Å². The largest absolute Gasteiger partial charge is 0.494 e. The number of carbonyl (C=O) groups excluding carboxylic acids is 2. The van der Waals surface area contributed by atoms with Crippen LogP contribution in [0.3, 0.4) is 0 Å². The normalized spacial score (nSPS) is 11.7. The Bertz CT molecular complexity index is 1680. The number of amides is 2. The van der Waals surface area contributed by atoms with Gasteiger partial charge in [-0.3, -0.25) is 9.59 Å². The SMILES string of the molecule is CCOc1ccc2nc(NC(=O)C(Sc3cccc(NC(=O)c4ccc(Cl)cc4Cl)c3)c3ccccc3)sc2c1. The van der Waals surface area contributed by atoms with Gasteiger partial charge in [0.1, 0.15) is 11.0 Å². The molecule has 10 heteroatoms. The molecule has 0 saturated heterocycles. The second-order valence-electron chi connectivity index (χ2n) is 8.59. The van der Waals surface area contributed by atoms with Crippen LogP contribution in [-0.4, -0.2) is 23.4 Å². The number of halogens is 2. The van der Waals surface area contributed by atoms with Crippen molar-refractivity contribution in [2.24, 2.45) is 0 Å². The van der Waals surface area contributed by atoms with E-state index < -0.39 is 5.25 Å². The van der Waals surface area contributed by atoms with Crippen LogP contribution in [0.15, 0.2) is 95.9 Å². The minimum atomic E-state index is -0.566. The van der Waals surface area contributed by atoms with Crippen LogP contribution in [0, 0.1) is 0 Å². The average Bonchev–Trinajstić information content (AvgIpc) is 3.34. The molecule has 0 saturated carbocycles. The Labute approximate surface area is 249 Å². The van der Waals surface area contributed by atoms with Gasteiger partial charge in [-0.05, 0) is 67.1 Å². The topological polar surface area (TPSA) is 80.3 Å². The zero-order chi connectivity index (χ0) is 28.1. The van der Waals surface area contributed by atoms with E-state index in [0.29, 0.717) is 28.0 Å². The fraction of sp³-hybridized carbons (Fsp3) is 0.100. The third-order valence-electron chi connectivity index (χ3n) is 5.76. The fourth-order valence-corrected chi connectivity index (χ4v) is 6.42. The summed E-state index contributed by atoms with van der Waals surface area (Å²) >= 11 is 14.9. The Morgan fingerprint density at radius 3 is 2.55 bits per heavy atom. The van der Waals surface area contributed by atoms with Gasteiger partial charge in [-0.2, -0.15) is 0 Å². The van der Waals surface area contributed by atoms with Crippen LogP contribution in [0.5, 0.6) is 5.75 Å². The molecule has 2 N–H and O–H groups in total. The lowest BCUT2D eigenvalue weighted by Gasteiger charge is -2.17. The number of aromatic nitrogens is 1. The van der Waals surface area contributed by atoms with Gasteiger partial charge in [0.25, 0.3) is 5.91 Å². The third kappa shape index (κ3) is 6.77. The summed E-state index contributed by atoms with van der Waals surface area (Å²) in [5.41, 5.74) is 2.52. The lowest BCUT2D eigenvalue weighted by atomic mass is 10.1. The molecule has 1 unspecified atom stereocenters. The minimum Gasteiger partial charge on any atom is -0.494 e. The van der Waals surface area contributed by atoms with Crippen LogP contribution in [0.4, 0.5) is 10.8 Å². The van der Waals surface area contributed by atoms with Crippen molar-refractivity contribution in [1.29, 1.82) is 0 Å². The molecule has 0 aliphatic heterocycles. The Hall–Kier alpha value is -3.56. The molecule has 1 atom stereocenters. The zero-order valence-electron chi connectivity index (χ0n) is 21.2. The van der Waals surface area contributed by atoms with Gasteiger partial charge in [0.2, 0.25) is 5.91 Å². The number of benzene rings is 4. The van der Waals surface area contributed by atoms with Crippen molar-refractivity contribution in [3.05, 3.63) is 112 Å². The maximum absolute atomic E-state index is 13.6. The molecular formula is C30H23Cl2N3O3S2. The molecule has 0 aliphatic carbocycles. The molecule has 6 nitrogen and oxygen atoms in total. The number of fused-ring (bicyclic) bond motifs is 1. The number of rotatable bonds is 9. The van der Waals surface area contributed by atoms with Gasteiger partial charge in [-0.1, -0.05) is 70.9 Å². The highest BCUT2D eigenvalue weighted by atomic mass is 35.5. The summed E-state index contributed by atoms with van der Waals surface area (Å²) in [4.78, 5) is 31.8. The number of hydrogen-bond acceptors (Lipinski definition) is 6. The number of ether oxygens (including phenoxy) is 1. The van der Waals surface area contributed by atoms with E-state index in [1.807, 2.05) is 73.7 Å². The molecule has 0 radical (unpaired) electrons. The second-order valence-corrected chi connectivity index (χ2v) is 11.6. The molecular weight excluding hydrogens is 585 g/mol. The van der Waals surface area contributed by atoms with Crippen LogP contribution in [-0.2, 0) is 4.79 Å². The predicted octanol–water partition coefficient (Wildman–Crippen LogP) is 8.73. The van der Waals surface area contributed by atoms with Gasteiger partial charge in [-0.15, -0.1) is 11.8 Å². The summed E-state index contributed by atoms with van der Waals surface area (Å²) in [6.07, 6.45) is 0. The highest BCUT2D eigenvalue weighted by Gasteiger charge is 2.24. The van der Waals surface area contributed by atoms with Crippen molar-refractivity contribution in [3.63, 3.8) is 0 Å². The number of thiazole rings is 1. The summed E-state index contributed by atoms with van der Waals surface area (Å²) in [6, 6.07) is 27.2. The summed E-state index contributed by atoms with van der Waals surface area (Å²) in [7, 11) is 0. The Kier molecular flexibility index (Phi) is 8.91. The summed E-state index contributed by atoms with van der Waals surface area (Å²) in [6.45, 7) is 2.51. The van der Waals surface area contributed by atoms with Crippen LogP contribution < -0.4 is 15.4 Å². The molecule has 1 heterocycles. The van der Waals surface area contributed by atoms with Crippen molar-refractivity contribution < 1.29 is 14.3 Å². The number of nitrogens with one attached hydrogen (secondary N) is 2. The fourth-order valence-electron chi connectivity index (χ4n) is 3.94. The first-order chi connectivity index (χ1) is 19.4. The van der Waals surface area contributed by atoms with Gasteiger partial charge in [0, 0.05) is 15.6 Å². The van der Waals surface area contributed by atoms with E-state index in [1.54, 1.807) is 18.2 Å². The lowest BCUT2D eigenvalue weighted by molar-refractivity contribution is -0.115. The molecule has 202 valence electrons. The van der Waals surface area contributed by atoms with Gasteiger partial charge in [0.15, 0.2) is 5.13 Å². The molecule has 4 aromatic carbocycles. The molecule has 2 amide bonds. The van der Waals surface area contributed by atoms with E-state index in [0.717, 1.165) is 26.4 Å². The molecule has 0 aliphatic rings. The monoisotopic (exact) mass is 607 g/mol. The van der Waals surface area contributed by atoms with E-state index in [4.69, 9.17) is 27.9 Å². The first kappa shape index (κ1) is 28.0. The van der Waals surface area contributed by atoms with Crippen molar-refractivity contribution in [3.8, 4) is 5.75 Å². The Balaban J connectivity index is 1.35. The smallest absolute Gasteiger partial charge is 0.257 e. The highest BCUT2D eigenvalue weighted by Crippen LogP contribution is 2.38. The molecule has 5 aromatic rings. The van der Waals surface area contributed by atoms with Gasteiger partial charge < -0.3 is 15.4 Å². The molecule has 0 bridgehead atoms. The number of carbonyl (C=O) groups is 2. The molecule has 0 spiro atoms. The maximum atomic E-state index is 13.6. The standard InChI is InChI=1S/C30H23Cl2N3O3S2/c1-2-38-21-12-14-25-26(17-21)40-30(34-25)35-29(37)27(18-7-4-3-5-8-18)39-22-10-6-9-20(16-22)33-28(36)23-13-11-19(31)15-24(23)32/h3-17,27H,2H2,1H3,(H,33,36)(H,34,35,37). The quantitative estimate of drug-likeness (QED) is 0.164. The van der Waals surface area contributed by atoms with E-state index in [-0.39, 0.29) is 16.8 Å².